The molecule has 1 aromatic carbocycles. The Bertz CT molecular complexity index is 415. The molecule has 2 nitrogen and oxygen atoms in total. The maximum atomic E-state index is 9.66. The Balaban J connectivity index is 2.06. The van der Waals surface area contributed by atoms with Crippen molar-refractivity contribution in [3.63, 3.8) is 0 Å². The van der Waals surface area contributed by atoms with Gasteiger partial charge in [-0.1, -0.05) is 56.5 Å². The third-order valence-electron chi connectivity index (χ3n) is 4.25. The molecule has 0 radical (unpaired) electrons. The van der Waals surface area contributed by atoms with Gasteiger partial charge in [0, 0.05) is 12.5 Å². The summed E-state index contributed by atoms with van der Waals surface area (Å²) < 4.78 is 0. The van der Waals surface area contributed by atoms with Gasteiger partial charge in [0.2, 0.25) is 0 Å². The fourth-order valence-electron chi connectivity index (χ4n) is 3.01. The summed E-state index contributed by atoms with van der Waals surface area (Å²) in [6.07, 6.45) is 8.05. The van der Waals surface area contributed by atoms with Crippen molar-refractivity contribution in [2.45, 2.75) is 63.5 Å². The maximum Gasteiger partial charge on any atom is 0.110 e. The normalized spacial score (nSPS) is 19.6. The molecule has 19 heavy (non-hydrogen) atoms. The smallest absolute Gasteiger partial charge is 0.110 e. The Labute approximate surface area is 116 Å². The largest absolute Gasteiger partial charge is 0.296 e. The summed E-state index contributed by atoms with van der Waals surface area (Å²) in [6.45, 7) is 2.11. The lowest BCUT2D eigenvalue weighted by Gasteiger charge is -2.34. The van der Waals surface area contributed by atoms with Gasteiger partial charge < -0.3 is 0 Å². The lowest BCUT2D eigenvalue weighted by Crippen LogP contribution is -2.51. The molecule has 0 aliphatic heterocycles. The van der Waals surface area contributed by atoms with E-state index in [9.17, 15) is 5.26 Å². The summed E-state index contributed by atoms with van der Waals surface area (Å²) in [6, 6.07) is 13.4. The summed E-state index contributed by atoms with van der Waals surface area (Å²) in [5.74, 6) is 0. The van der Waals surface area contributed by atoms with Crippen LogP contribution in [-0.4, -0.2) is 11.6 Å². The Morgan fingerprint density at radius 1 is 1.21 bits per heavy atom. The molecule has 0 bridgehead atoms. The molecule has 1 aliphatic rings. The lowest BCUT2D eigenvalue weighted by atomic mass is 9.86. The van der Waals surface area contributed by atoms with Gasteiger partial charge in [-0.25, -0.2) is 0 Å². The first-order valence-corrected chi connectivity index (χ1v) is 7.51. The van der Waals surface area contributed by atoms with Gasteiger partial charge in [-0.15, -0.1) is 0 Å². The number of hydrogen-bond donors (Lipinski definition) is 1. The number of hydrogen-bond acceptors (Lipinski definition) is 2. The fourth-order valence-corrected chi connectivity index (χ4v) is 3.01. The monoisotopic (exact) mass is 256 g/mol. The average Bonchev–Trinajstić information content (AvgIpc) is 2.48. The van der Waals surface area contributed by atoms with E-state index in [2.05, 4.69) is 30.4 Å². The summed E-state index contributed by atoms with van der Waals surface area (Å²) in [5, 5.41) is 13.3. The topological polar surface area (TPSA) is 35.8 Å². The van der Waals surface area contributed by atoms with Crippen molar-refractivity contribution in [3.8, 4) is 6.07 Å². The van der Waals surface area contributed by atoms with Crippen LogP contribution in [0, 0.1) is 11.3 Å². The van der Waals surface area contributed by atoms with Crippen molar-refractivity contribution in [2.24, 2.45) is 0 Å². The quantitative estimate of drug-likeness (QED) is 0.869. The van der Waals surface area contributed by atoms with E-state index in [0.29, 0.717) is 6.04 Å². The number of benzene rings is 1. The zero-order valence-corrected chi connectivity index (χ0v) is 11.9. The van der Waals surface area contributed by atoms with Crippen molar-refractivity contribution in [3.05, 3.63) is 35.9 Å². The van der Waals surface area contributed by atoms with Crippen molar-refractivity contribution in [1.29, 1.82) is 5.26 Å². The van der Waals surface area contributed by atoms with Crippen LogP contribution in [0.3, 0.4) is 0 Å². The van der Waals surface area contributed by atoms with Crippen LogP contribution in [0.15, 0.2) is 30.3 Å². The molecule has 1 fully saturated rings. The fraction of sp³-hybridized carbons (Fsp3) is 0.588. The maximum absolute atomic E-state index is 9.66. The first kappa shape index (κ1) is 14.1. The minimum Gasteiger partial charge on any atom is -0.296 e. The third-order valence-corrected chi connectivity index (χ3v) is 4.25. The molecule has 1 unspecified atom stereocenters. The molecule has 1 N–H and O–H groups in total. The second-order valence-corrected chi connectivity index (χ2v) is 5.69. The average molecular weight is 256 g/mol. The molecule has 2 heteroatoms. The van der Waals surface area contributed by atoms with Crippen LogP contribution in [-0.2, 0) is 6.42 Å². The number of nitrogens with zero attached hydrogens (tertiary/aromatic N) is 1. The van der Waals surface area contributed by atoms with Crippen LogP contribution in [0.25, 0.3) is 0 Å². The van der Waals surface area contributed by atoms with E-state index in [1.165, 1.54) is 37.7 Å². The Kier molecular flexibility index (Phi) is 4.99. The zero-order valence-electron chi connectivity index (χ0n) is 11.9. The number of nitriles is 1. The molecule has 0 aromatic heterocycles. The van der Waals surface area contributed by atoms with Gasteiger partial charge in [0.1, 0.15) is 5.54 Å². The first-order chi connectivity index (χ1) is 9.28. The standard InChI is InChI=1S/C17H24N2/c1-2-17(14-18,13-15-9-5-3-6-10-15)19-16-11-7-4-8-12-16/h3,5-6,9-10,16,19H,2,4,7-8,11-13H2,1H3. The lowest BCUT2D eigenvalue weighted by molar-refractivity contribution is 0.286. The predicted molar refractivity (Wildman–Crippen MR) is 78.8 cm³/mol. The molecule has 1 aromatic rings. The van der Waals surface area contributed by atoms with Crippen LogP contribution in [0.5, 0.6) is 0 Å². The molecule has 0 spiro atoms. The molecule has 102 valence electrons. The minimum atomic E-state index is -0.399. The van der Waals surface area contributed by atoms with Crippen LogP contribution in [0.4, 0.5) is 0 Å². The predicted octanol–water partition coefficient (Wildman–Crippen LogP) is 3.82. The molecule has 0 saturated heterocycles. The number of nitrogens with one attached hydrogen (secondary N) is 1. The molecule has 0 heterocycles. The molecule has 1 aliphatic carbocycles. The number of rotatable bonds is 5. The summed E-state index contributed by atoms with van der Waals surface area (Å²) in [5.41, 5.74) is 0.845. The van der Waals surface area contributed by atoms with E-state index in [-0.39, 0.29) is 0 Å². The molecule has 0 amide bonds. The van der Waals surface area contributed by atoms with Gasteiger partial charge in [0.15, 0.2) is 0 Å². The Morgan fingerprint density at radius 3 is 2.47 bits per heavy atom. The van der Waals surface area contributed by atoms with E-state index in [0.717, 1.165) is 12.8 Å². The Hall–Kier alpha value is -1.33. The molecular formula is C17H24N2. The van der Waals surface area contributed by atoms with E-state index >= 15 is 0 Å². The zero-order chi connectivity index (χ0) is 13.6. The first-order valence-electron chi connectivity index (χ1n) is 7.51. The Morgan fingerprint density at radius 2 is 1.89 bits per heavy atom. The third kappa shape index (κ3) is 3.81. The van der Waals surface area contributed by atoms with Crippen LogP contribution in [0.1, 0.15) is 51.0 Å². The molecule has 1 saturated carbocycles. The van der Waals surface area contributed by atoms with E-state index in [4.69, 9.17) is 0 Å². The van der Waals surface area contributed by atoms with Gasteiger partial charge in [-0.2, -0.15) is 5.26 Å². The molecule has 2 rings (SSSR count). The van der Waals surface area contributed by atoms with Gasteiger partial charge in [0.25, 0.3) is 0 Å². The van der Waals surface area contributed by atoms with E-state index in [1.807, 2.05) is 18.2 Å². The van der Waals surface area contributed by atoms with Crippen molar-refractivity contribution < 1.29 is 0 Å². The van der Waals surface area contributed by atoms with Gasteiger partial charge in [-0.3, -0.25) is 5.32 Å². The van der Waals surface area contributed by atoms with E-state index in [1.54, 1.807) is 0 Å². The second kappa shape index (κ2) is 6.73. The van der Waals surface area contributed by atoms with Gasteiger partial charge in [-0.05, 0) is 24.8 Å². The van der Waals surface area contributed by atoms with Crippen molar-refractivity contribution in [2.75, 3.05) is 0 Å². The van der Waals surface area contributed by atoms with Crippen LogP contribution >= 0.6 is 0 Å². The molecule has 1 atom stereocenters. The van der Waals surface area contributed by atoms with Crippen LogP contribution < -0.4 is 5.32 Å². The van der Waals surface area contributed by atoms with Crippen LogP contribution in [0.2, 0.25) is 0 Å². The second-order valence-electron chi connectivity index (χ2n) is 5.69. The van der Waals surface area contributed by atoms with Gasteiger partial charge in [0.05, 0.1) is 6.07 Å². The highest BCUT2D eigenvalue weighted by Gasteiger charge is 2.31. The highest BCUT2D eigenvalue weighted by Crippen LogP contribution is 2.23. The highest BCUT2D eigenvalue weighted by molar-refractivity contribution is 5.22. The summed E-state index contributed by atoms with van der Waals surface area (Å²) >= 11 is 0. The van der Waals surface area contributed by atoms with Gasteiger partial charge >= 0.3 is 0 Å². The summed E-state index contributed by atoms with van der Waals surface area (Å²) in [7, 11) is 0. The van der Waals surface area contributed by atoms with E-state index < -0.39 is 5.54 Å². The SMILES string of the molecule is CCC(C#N)(Cc1ccccc1)NC1CCCCC1. The van der Waals surface area contributed by atoms with Crippen molar-refractivity contribution in [1.82, 2.24) is 5.32 Å². The summed E-state index contributed by atoms with van der Waals surface area (Å²) in [4.78, 5) is 0. The molecular weight excluding hydrogens is 232 g/mol. The highest BCUT2D eigenvalue weighted by atomic mass is 15.0. The van der Waals surface area contributed by atoms with Crippen molar-refractivity contribution >= 4 is 0 Å². The minimum absolute atomic E-state index is 0.399.